The first-order valence-electron chi connectivity index (χ1n) is 8.26. The molecule has 4 heteroatoms. The van der Waals surface area contributed by atoms with Crippen molar-refractivity contribution in [2.75, 3.05) is 13.7 Å². The molecule has 2 aromatic rings. The molecule has 0 heterocycles. The van der Waals surface area contributed by atoms with Crippen molar-refractivity contribution in [3.05, 3.63) is 59.7 Å². The summed E-state index contributed by atoms with van der Waals surface area (Å²) < 4.78 is 10.9. The van der Waals surface area contributed by atoms with Gasteiger partial charge in [-0.3, -0.25) is 4.79 Å². The van der Waals surface area contributed by atoms with E-state index >= 15 is 0 Å². The van der Waals surface area contributed by atoms with Crippen molar-refractivity contribution in [3.63, 3.8) is 0 Å². The predicted octanol–water partition coefficient (Wildman–Crippen LogP) is 3.52. The molecule has 128 valence electrons. The van der Waals surface area contributed by atoms with Crippen LogP contribution in [0.5, 0.6) is 11.5 Å². The molecule has 2 aromatic carbocycles. The third-order valence-electron chi connectivity index (χ3n) is 3.80. The highest BCUT2D eigenvalue weighted by molar-refractivity contribution is 5.81. The Morgan fingerprint density at radius 2 is 1.88 bits per heavy atom. The van der Waals surface area contributed by atoms with Gasteiger partial charge in [0.05, 0.1) is 7.11 Å². The Balaban J connectivity index is 1.82. The van der Waals surface area contributed by atoms with Gasteiger partial charge in [0, 0.05) is 6.54 Å². The van der Waals surface area contributed by atoms with Crippen molar-refractivity contribution < 1.29 is 14.3 Å². The lowest BCUT2D eigenvalue weighted by atomic mass is 10.1. The van der Waals surface area contributed by atoms with E-state index in [0.717, 1.165) is 29.0 Å². The zero-order valence-corrected chi connectivity index (χ0v) is 14.5. The summed E-state index contributed by atoms with van der Waals surface area (Å²) in [6, 6.07) is 15.6. The summed E-state index contributed by atoms with van der Waals surface area (Å²) in [6.07, 6.45) is 0.932. The minimum absolute atomic E-state index is 0.0764. The van der Waals surface area contributed by atoms with Crippen LogP contribution in [0.1, 0.15) is 24.5 Å². The lowest BCUT2D eigenvalue weighted by Gasteiger charge is -2.17. The lowest BCUT2D eigenvalue weighted by Crippen LogP contribution is -2.38. The molecule has 0 spiro atoms. The Kier molecular flexibility index (Phi) is 6.67. The van der Waals surface area contributed by atoms with Gasteiger partial charge in [0.25, 0.3) is 5.91 Å². The fraction of sp³-hybridized carbons (Fsp3) is 0.350. The third kappa shape index (κ3) is 5.30. The smallest absolute Gasteiger partial charge is 0.261 e. The van der Waals surface area contributed by atoms with E-state index < -0.39 is 6.10 Å². The molecule has 1 N–H and O–H groups in total. The van der Waals surface area contributed by atoms with E-state index in [1.54, 1.807) is 7.11 Å². The Bertz CT molecular complexity index is 652. The second-order valence-corrected chi connectivity index (χ2v) is 5.72. The number of aryl methyl sites for hydroxylation is 1. The van der Waals surface area contributed by atoms with Crippen LogP contribution in [-0.2, 0) is 11.2 Å². The van der Waals surface area contributed by atoms with Gasteiger partial charge < -0.3 is 14.8 Å². The van der Waals surface area contributed by atoms with Crippen LogP contribution in [0.3, 0.4) is 0 Å². The van der Waals surface area contributed by atoms with E-state index in [1.807, 2.05) is 62.4 Å². The summed E-state index contributed by atoms with van der Waals surface area (Å²) in [5.41, 5.74) is 2.27. The molecule has 1 unspecified atom stereocenters. The molecular weight excluding hydrogens is 302 g/mol. The van der Waals surface area contributed by atoms with Crippen LogP contribution in [0.15, 0.2) is 48.5 Å². The third-order valence-corrected chi connectivity index (χ3v) is 3.80. The highest BCUT2D eigenvalue weighted by Gasteiger charge is 2.17. The van der Waals surface area contributed by atoms with Crippen LogP contribution in [-0.4, -0.2) is 25.7 Å². The molecule has 0 saturated heterocycles. The molecule has 0 radical (unpaired) electrons. The fourth-order valence-corrected chi connectivity index (χ4v) is 2.41. The van der Waals surface area contributed by atoms with E-state index in [1.165, 1.54) is 0 Å². The number of carbonyl (C=O) groups excluding carboxylic acids is 1. The number of nitrogens with one attached hydrogen (secondary N) is 1. The summed E-state index contributed by atoms with van der Waals surface area (Å²) in [4.78, 5) is 12.3. The predicted molar refractivity (Wildman–Crippen MR) is 95.6 cm³/mol. The number of benzene rings is 2. The molecule has 1 amide bonds. The molecule has 2 rings (SSSR count). The van der Waals surface area contributed by atoms with Crippen molar-refractivity contribution in [1.82, 2.24) is 5.32 Å². The number of methoxy groups -OCH3 is 1. The van der Waals surface area contributed by atoms with Crippen molar-refractivity contribution in [2.24, 2.45) is 0 Å². The Morgan fingerprint density at radius 1 is 1.12 bits per heavy atom. The van der Waals surface area contributed by atoms with Crippen LogP contribution in [0, 0.1) is 6.92 Å². The maximum Gasteiger partial charge on any atom is 0.261 e. The monoisotopic (exact) mass is 327 g/mol. The Morgan fingerprint density at radius 3 is 2.50 bits per heavy atom. The fourth-order valence-electron chi connectivity index (χ4n) is 2.41. The molecule has 0 aliphatic rings. The molecule has 1 atom stereocenters. The number of carbonyl (C=O) groups is 1. The molecule has 0 aromatic heterocycles. The van der Waals surface area contributed by atoms with Crippen molar-refractivity contribution in [2.45, 2.75) is 32.8 Å². The van der Waals surface area contributed by atoms with Crippen LogP contribution < -0.4 is 14.8 Å². The minimum Gasteiger partial charge on any atom is -0.497 e. The van der Waals surface area contributed by atoms with Crippen LogP contribution >= 0.6 is 0 Å². The standard InChI is InChI=1S/C20H25NO3/c1-4-19(24-18-7-5-6-15(2)14-18)20(22)21-13-12-16-8-10-17(23-3)11-9-16/h5-11,14,19H,4,12-13H2,1-3H3,(H,21,22). The highest BCUT2D eigenvalue weighted by Crippen LogP contribution is 2.15. The molecule has 0 saturated carbocycles. The van der Waals surface area contributed by atoms with Gasteiger partial charge in [-0.1, -0.05) is 31.2 Å². The highest BCUT2D eigenvalue weighted by atomic mass is 16.5. The molecule has 0 fully saturated rings. The van der Waals surface area contributed by atoms with Gasteiger partial charge in [-0.15, -0.1) is 0 Å². The van der Waals surface area contributed by atoms with Crippen molar-refractivity contribution in [1.29, 1.82) is 0 Å². The average molecular weight is 327 g/mol. The number of amides is 1. The van der Waals surface area contributed by atoms with E-state index in [4.69, 9.17) is 9.47 Å². The largest absolute Gasteiger partial charge is 0.497 e. The van der Waals surface area contributed by atoms with E-state index in [2.05, 4.69) is 5.32 Å². The molecule has 0 aliphatic carbocycles. The first-order valence-corrected chi connectivity index (χ1v) is 8.26. The van der Waals surface area contributed by atoms with E-state index in [-0.39, 0.29) is 5.91 Å². The average Bonchev–Trinajstić information content (AvgIpc) is 2.60. The number of rotatable bonds is 8. The zero-order chi connectivity index (χ0) is 17.4. The summed E-state index contributed by atoms with van der Waals surface area (Å²) in [5, 5.41) is 2.95. The van der Waals surface area contributed by atoms with E-state index in [9.17, 15) is 4.79 Å². The van der Waals surface area contributed by atoms with Crippen LogP contribution in [0.25, 0.3) is 0 Å². The Labute approximate surface area is 143 Å². The van der Waals surface area contributed by atoms with Crippen LogP contribution in [0.2, 0.25) is 0 Å². The number of hydrogen-bond acceptors (Lipinski definition) is 3. The van der Waals surface area contributed by atoms with Gasteiger partial charge >= 0.3 is 0 Å². The summed E-state index contributed by atoms with van der Waals surface area (Å²) in [6.45, 7) is 4.53. The van der Waals surface area contributed by atoms with Gasteiger partial charge in [0.15, 0.2) is 6.10 Å². The molecular formula is C20H25NO3. The SMILES string of the molecule is CCC(Oc1cccc(C)c1)C(=O)NCCc1ccc(OC)cc1. The van der Waals surface area contributed by atoms with Gasteiger partial charge in [-0.2, -0.15) is 0 Å². The topological polar surface area (TPSA) is 47.6 Å². The number of ether oxygens (including phenoxy) is 2. The first kappa shape index (κ1) is 17.9. The zero-order valence-electron chi connectivity index (χ0n) is 14.5. The lowest BCUT2D eigenvalue weighted by molar-refractivity contribution is -0.128. The summed E-state index contributed by atoms with van der Waals surface area (Å²) >= 11 is 0. The van der Waals surface area contributed by atoms with E-state index in [0.29, 0.717) is 13.0 Å². The second kappa shape index (κ2) is 8.96. The molecule has 0 aliphatic heterocycles. The maximum atomic E-state index is 12.3. The first-order chi connectivity index (χ1) is 11.6. The Hall–Kier alpha value is -2.49. The van der Waals surface area contributed by atoms with Gasteiger partial charge in [0.2, 0.25) is 0 Å². The number of hydrogen-bond donors (Lipinski definition) is 1. The van der Waals surface area contributed by atoms with Gasteiger partial charge in [0.1, 0.15) is 11.5 Å². The molecule has 0 bridgehead atoms. The van der Waals surface area contributed by atoms with Crippen molar-refractivity contribution >= 4 is 5.91 Å². The molecule has 4 nitrogen and oxygen atoms in total. The quantitative estimate of drug-likeness (QED) is 0.807. The summed E-state index contributed by atoms with van der Waals surface area (Å²) in [5.74, 6) is 1.49. The molecule has 24 heavy (non-hydrogen) atoms. The summed E-state index contributed by atoms with van der Waals surface area (Å²) in [7, 11) is 1.65. The normalized spacial score (nSPS) is 11.6. The van der Waals surface area contributed by atoms with Gasteiger partial charge in [-0.25, -0.2) is 0 Å². The maximum absolute atomic E-state index is 12.3. The minimum atomic E-state index is -0.470. The second-order valence-electron chi connectivity index (χ2n) is 5.72. The van der Waals surface area contributed by atoms with Crippen molar-refractivity contribution in [3.8, 4) is 11.5 Å². The van der Waals surface area contributed by atoms with Crippen LogP contribution in [0.4, 0.5) is 0 Å². The van der Waals surface area contributed by atoms with Gasteiger partial charge in [-0.05, 0) is 55.2 Å².